The van der Waals surface area contributed by atoms with Crippen LogP contribution in [0.2, 0.25) is 5.02 Å². The van der Waals surface area contributed by atoms with Gasteiger partial charge in [-0.1, -0.05) is 48.0 Å². The number of carbonyl (C=O) groups is 2. The summed E-state index contributed by atoms with van der Waals surface area (Å²) >= 11 is 7.62. The van der Waals surface area contributed by atoms with Crippen molar-refractivity contribution in [2.24, 2.45) is 0 Å². The summed E-state index contributed by atoms with van der Waals surface area (Å²) in [6.45, 7) is 2.14. The van der Waals surface area contributed by atoms with Gasteiger partial charge >= 0.3 is 0 Å². The van der Waals surface area contributed by atoms with E-state index in [0.717, 1.165) is 10.4 Å². The first-order valence-corrected chi connectivity index (χ1v) is 10.1. The van der Waals surface area contributed by atoms with Gasteiger partial charge < -0.3 is 10.0 Å². The number of rotatable bonds is 5. The molecule has 4 rings (SSSR count). The number of nitrogens with zero attached hydrogens (tertiary/aromatic N) is 1. The lowest BCUT2D eigenvalue weighted by Crippen LogP contribution is -2.41. The van der Waals surface area contributed by atoms with Gasteiger partial charge in [-0.25, -0.2) is 0 Å². The maximum atomic E-state index is 13.3. The Bertz CT molecular complexity index is 1080. The average molecular weight is 412 g/mol. The van der Waals surface area contributed by atoms with E-state index in [9.17, 15) is 14.7 Å². The maximum Gasteiger partial charge on any atom is 0.264 e. The number of fused-ring (bicyclic) bond motifs is 1. The van der Waals surface area contributed by atoms with Crippen LogP contribution in [0.15, 0.2) is 60.7 Å². The van der Waals surface area contributed by atoms with Crippen LogP contribution >= 0.6 is 22.9 Å². The van der Waals surface area contributed by atoms with Crippen molar-refractivity contribution >= 4 is 40.3 Å². The Kier molecular flexibility index (Phi) is 4.83. The van der Waals surface area contributed by atoms with Crippen LogP contribution < -0.4 is 4.90 Å². The summed E-state index contributed by atoms with van der Waals surface area (Å²) in [5, 5.41) is 11.9. The molecule has 142 valence electrons. The highest BCUT2D eigenvalue weighted by molar-refractivity contribution is 7.14. The maximum absolute atomic E-state index is 13.3. The highest BCUT2D eigenvalue weighted by Crippen LogP contribution is 2.44. The number of carbonyl (C=O) groups excluding carboxylic acids is 2. The Morgan fingerprint density at radius 1 is 1.11 bits per heavy atom. The number of aliphatic hydroxyl groups is 1. The van der Waals surface area contributed by atoms with Crippen molar-refractivity contribution < 1.29 is 14.7 Å². The third-order valence-electron chi connectivity index (χ3n) is 4.96. The van der Waals surface area contributed by atoms with Gasteiger partial charge in [-0.15, -0.1) is 11.3 Å². The minimum Gasteiger partial charge on any atom is -0.375 e. The SMILES string of the molecule is Cc1ccc(C(=O)CC2(O)C(=O)N(Cc3ccccc3Cl)c3ccccc32)s1. The molecule has 1 atom stereocenters. The second kappa shape index (κ2) is 7.17. The number of hydrogen-bond donors (Lipinski definition) is 1. The van der Waals surface area contributed by atoms with Crippen molar-refractivity contribution in [1.82, 2.24) is 0 Å². The van der Waals surface area contributed by atoms with E-state index in [0.29, 0.717) is 21.2 Å². The van der Waals surface area contributed by atoms with Crippen LogP contribution in [-0.4, -0.2) is 16.8 Å². The quantitative estimate of drug-likeness (QED) is 0.618. The monoisotopic (exact) mass is 411 g/mol. The fraction of sp³-hybridized carbons (Fsp3) is 0.182. The Labute approximate surface area is 172 Å². The van der Waals surface area contributed by atoms with Crippen molar-refractivity contribution in [3.8, 4) is 0 Å². The topological polar surface area (TPSA) is 57.6 Å². The predicted octanol–water partition coefficient (Wildman–Crippen LogP) is 4.72. The van der Waals surface area contributed by atoms with Crippen molar-refractivity contribution in [2.45, 2.75) is 25.5 Å². The first-order chi connectivity index (χ1) is 13.4. The summed E-state index contributed by atoms with van der Waals surface area (Å²) in [6, 6.07) is 17.9. The van der Waals surface area contributed by atoms with Crippen LogP contribution in [0.5, 0.6) is 0 Å². The van der Waals surface area contributed by atoms with E-state index >= 15 is 0 Å². The van der Waals surface area contributed by atoms with Crippen molar-refractivity contribution in [3.63, 3.8) is 0 Å². The lowest BCUT2D eigenvalue weighted by molar-refractivity contribution is -0.136. The number of hydrogen-bond acceptors (Lipinski definition) is 4. The number of anilines is 1. The third kappa shape index (κ3) is 3.15. The minimum absolute atomic E-state index is 0.226. The molecule has 4 nitrogen and oxygen atoms in total. The minimum atomic E-state index is -1.88. The molecule has 1 unspecified atom stereocenters. The molecule has 3 aromatic rings. The Morgan fingerprint density at radius 2 is 1.82 bits per heavy atom. The summed E-state index contributed by atoms with van der Waals surface area (Å²) in [7, 11) is 0. The second-order valence-corrected chi connectivity index (χ2v) is 8.57. The molecule has 1 aromatic heterocycles. The number of para-hydroxylation sites is 1. The lowest BCUT2D eigenvalue weighted by Gasteiger charge is -2.23. The molecule has 0 bridgehead atoms. The Hall–Kier alpha value is -2.47. The first-order valence-electron chi connectivity index (χ1n) is 8.87. The van der Waals surface area contributed by atoms with Crippen molar-refractivity contribution in [3.05, 3.63) is 86.6 Å². The molecule has 28 heavy (non-hydrogen) atoms. The number of ketones is 1. The zero-order chi connectivity index (χ0) is 19.9. The van der Waals surface area contributed by atoms with E-state index in [1.165, 1.54) is 16.2 Å². The summed E-state index contributed by atoms with van der Waals surface area (Å²) < 4.78 is 0. The summed E-state index contributed by atoms with van der Waals surface area (Å²) in [5.41, 5.74) is -0.0529. The van der Waals surface area contributed by atoms with Gasteiger partial charge in [0.1, 0.15) is 0 Å². The van der Waals surface area contributed by atoms with E-state index in [1.54, 1.807) is 30.3 Å². The number of benzene rings is 2. The van der Waals surface area contributed by atoms with Gasteiger partial charge in [-0.3, -0.25) is 9.59 Å². The van der Waals surface area contributed by atoms with Gasteiger partial charge in [0, 0.05) is 15.5 Å². The number of aryl methyl sites for hydroxylation is 1. The molecule has 0 saturated heterocycles. The molecule has 1 amide bonds. The van der Waals surface area contributed by atoms with Crippen LogP contribution in [0.3, 0.4) is 0 Å². The number of thiophene rings is 1. The molecule has 0 saturated carbocycles. The zero-order valence-corrected chi connectivity index (χ0v) is 16.8. The van der Waals surface area contributed by atoms with Gasteiger partial charge in [0.25, 0.3) is 5.91 Å². The summed E-state index contributed by atoms with van der Waals surface area (Å²) in [6.07, 6.45) is -0.290. The van der Waals surface area contributed by atoms with Crippen LogP contribution in [0.25, 0.3) is 0 Å². The second-order valence-electron chi connectivity index (χ2n) is 6.87. The Morgan fingerprint density at radius 3 is 2.54 bits per heavy atom. The van der Waals surface area contributed by atoms with E-state index in [4.69, 9.17) is 11.6 Å². The molecule has 0 aliphatic carbocycles. The van der Waals surface area contributed by atoms with Crippen LogP contribution in [0.1, 0.15) is 32.1 Å². The molecule has 6 heteroatoms. The third-order valence-corrected chi connectivity index (χ3v) is 6.37. The molecule has 0 spiro atoms. The zero-order valence-electron chi connectivity index (χ0n) is 15.2. The molecule has 1 aliphatic heterocycles. The predicted molar refractivity (Wildman–Crippen MR) is 111 cm³/mol. The molecular weight excluding hydrogens is 394 g/mol. The summed E-state index contributed by atoms with van der Waals surface area (Å²) in [4.78, 5) is 29.1. The molecule has 2 heterocycles. The molecule has 1 aliphatic rings. The molecule has 0 radical (unpaired) electrons. The van der Waals surface area contributed by atoms with Gasteiger partial charge in [-0.2, -0.15) is 0 Å². The normalized spacial score (nSPS) is 18.4. The highest BCUT2D eigenvalue weighted by atomic mass is 35.5. The molecular formula is C22H18ClNO3S. The van der Waals surface area contributed by atoms with Crippen LogP contribution in [0.4, 0.5) is 5.69 Å². The van der Waals surface area contributed by atoms with Crippen molar-refractivity contribution in [2.75, 3.05) is 4.90 Å². The molecule has 2 aromatic carbocycles. The van der Waals surface area contributed by atoms with E-state index in [-0.39, 0.29) is 18.7 Å². The number of halogens is 1. The smallest absolute Gasteiger partial charge is 0.264 e. The van der Waals surface area contributed by atoms with Crippen molar-refractivity contribution in [1.29, 1.82) is 0 Å². The van der Waals surface area contributed by atoms with Gasteiger partial charge in [0.15, 0.2) is 11.4 Å². The van der Waals surface area contributed by atoms with Gasteiger partial charge in [-0.05, 0) is 36.8 Å². The highest BCUT2D eigenvalue weighted by Gasteiger charge is 2.50. The van der Waals surface area contributed by atoms with Crippen LogP contribution in [0, 0.1) is 6.92 Å². The molecule has 1 N–H and O–H groups in total. The fourth-order valence-electron chi connectivity index (χ4n) is 3.54. The van der Waals surface area contributed by atoms with E-state index in [1.807, 2.05) is 37.3 Å². The van der Waals surface area contributed by atoms with Gasteiger partial charge in [0.05, 0.1) is 23.5 Å². The number of Topliss-reactive ketones (excluding diaryl/α,β-unsaturated/α-hetero) is 1. The van der Waals surface area contributed by atoms with Gasteiger partial charge in [0.2, 0.25) is 0 Å². The fourth-order valence-corrected chi connectivity index (χ4v) is 4.54. The average Bonchev–Trinajstić information content (AvgIpc) is 3.20. The lowest BCUT2D eigenvalue weighted by atomic mass is 9.89. The first kappa shape index (κ1) is 18.9. The standard InChI is InChI=1S/C22H18ClNO3S/c1-14-10-11-20(28-14)19(25)12-22(27)16-7-3-5-9-18(16)24(21(22)26)13-15-6-2-4-8-17(15)23/h2-11,27H,12-13H2,1H3. The number of amides is 1. The van der Waals surface area contributed by atoms with Crippen LogP contribution in [-0.2, 0) is 16.9 Å². The molecule has 0 fully saturated rings. The van der Waals surface area contributed by atoms with E-state index in [2.05, 4.69) is 0 Å². The summed E-state index contributed by atoms with van der Waals surface area (Å²) in [5.74, 6) is -0.751. The largest absolute Gasteiger partial charge is 0.375 e. The Balaban J connectivity index is 1.70. The van der Waals surface area contributed by atoms with E-state index < -0.39 is 11.5 Å².